The van der Waals surface area contributed by atoms with Crippen LogP contribution in [0.1, 0.15) is 36.9 Å². The molecule has 0 aliphatic carbocycles. The van der Waals surface area contributed by atoms with Crippen molar-refractivity contribution in [2.75, 3.05) is 18.1 Å². The second kappa shape index (κ2) is 7.98. The molecule has 0 spiro atoms. The first kappa shape index (κ1) is 19.2. The van der Waals surface area contributed by atoms with Crippen LogP contribution in [-0.4, -0.2) is 24.1 Å². The molecule has 2 aromatic rings. The summed E-state index contributed by atoms with van der Waals surface area (Å²) in [6, 6.07) is 11.2. The Morgan fingerprint density at radius 3 is 2.63 bits per heavy atom. The molecule has 0 radical (unpaired) electrons. The van der Waals surface area contributed by atoms with Gasteiger partial charge < -0.3 is 9.64 Å². The normalized spacial score (nSPS) is 20.4. The molecular weight excluding hydrogens is 357 g/mol. The summed E-state index contributed by atoms with van der Waals surface area (Å²) in [5.41, 5.74) is 0.0887. The standard InChI is InChI=1S/C20H21F3N2O2/c1-2-27-19(26)15-10-12-25(17(13-15)14-7-4-3-5-8-14)18-16(20(21,22)23)9-6-11-24-18/h3-9,11,15,17H,2,10,12-13H2,1H3. The Morgan fingerprint density at radius 2 is 1.96 bits per heavy atom. The molecule has 27 heavy (non-hydrogen) atoms. The minimum Gasteiger partial charge on any atom is -0.466 e. The maximum Gasteiger partial charge on any atom is 0.419 e. The van der Waals surface area contributed by atoms with Gasteiger partial charge in [0.2, 0.25) is 0 Å². The van der Waals surface area contributed by atoms with Crippen molar-refractivity contribution in [2.24, 2.45) is 5.92 Å². The van der Waals surface area contributed by atoms with Gasteiger partial charge in [0, 0.05) is 12.7 Å². The number of esters is 1. The fraction of sp³-hybridized carbons (Fsp3) is 0.400. The van der Waals surface area contributed by atoms with Crippen LogP contribution in [0.5, 0.6) is 0 Å². The van der Waals surface area contributed by atoms with Crippen molar-refractivity contribution in [1.29, 1.82) is 0 Å². The Hall–Kier alpha value is -2.57. The highest BCUT2D eigenvalue weighted by atomic mass is 19.4. The molecule has 3 rings (SSSR count). The smallest absolute Gasteiger partial charge is 0.419 e. The molecule has 2 heterocycles. The van der Waals surface area contributed by atoms with E-state index in [1.54, 1.807) is 11.8 Å². The summed E-state index contributed by atoms with van der Waals surface area (Å²) in [7, 11) is 0. The topological polar surface area (TPSA) is 42.4 Å². The van der Waals surface area contributed by atoms with E-state index in [2.05, 4.69) is 4.98 Å². The van der Waals surface area contributed by atoms with Crippen LogP contribution < -0.4 is 4.90 Å². The summed E-state index contributed by atoms with van der Waals surface area (Å²) in [5.74, 6) is -0.735. The van der Waals surface area contributed by atoms with Crippen LogP contribution in [0.25, 0.3) is 0 Å². The summed E-state index contributed by atoms with van der Waals surface area (Å²) in [6.07, 6.45) is -2.32. The van der Waals surface area contributed by atoms with E-state index in [0.29, 0.717) is 19.4 Å². The van der Waals surface area contributed by atoms with Crippen LogP contribution in [-0.2, 0) is 15.7 Å². The molecule has 7 heteroatoms. The van der Waals surface area contributed by atoms with Gasteiger partial charge in [0.25, 0.3) is 0 Å². The molecule has 1 aliphatic heterocycles. The van der Waals surface area contributed by atoms with Crippen molar-refractivity contribution in [3.05, 3.63) is 59.8 Å². The summed E-state index contributed by atoms with van der Waals surface area (Å²) in [5, 5.41) is 0. The second-order valence-electron chi connectivity index (χ2n) is 6.47. The van der Waals surface area contributed by atoms with Crippen LogP contribution in [0.15, 0.2) is 48.7 Å². The van der Waals surface area contributed by atoms with Gasteiger partial charge in [-0.2, -0.15) is 13.2 Å². The zero-order valence-electron chi connectivity index (χ0n) is 14.9. The number of aromatic nitrogens is 1. The van der Waals surface area contributed by atoms with E-state index in [1.807, 2.05) is 30.3 Å². The first-order chi connectivity index (χ1) is 12.9. The predicted octanol–water partition coefficient (Wildman–Crippen LogP) is 4.62. The average molecular weight is 378 g/mol. The summed E-state index contributed by atoms with van der Waals surface area (Å²) in [4.78, 5) is 17.9. The molecule has 4 nitrogen and oxygen atoms in total. The van der Waals surface area contributed by atoms with Crippen molar-refractivity contribution >= 4 is 11.8 Å². The molecule has 0 amide bonds. The molecular formula is C20H21F3N2O2. The Labute approximate surface area is 156 Å². The highest BCUT2D eigenvalue weighted by molar-refractivity contribution is 5.73. The highest BCUT2D eigenvalue weighted by Crippen LogP contribution is 2.42. The van der Waals surface area contributed by atoms with Gasteiger partial charge >= 0.3 is 12.1 Å². The van der Waals surface area contributed by atoms with Crippen LogP contribution >= 0.6 is 0 Å². The lowest BCUT2D eigenvalue weighted by Crippen LogP contribution is -2.41. The van der Waals surface area contributed by atoms with Crippen molar-refractivity contribution in [3.63, 3.8) is 0 Å². The van der Waals surface area contributed by atoms with E-state index in [4.69, 9.17) is 4.74 Å². The lowest BCUT2D eigenvalue weighted by atomic mass is 9.86. The fourth-order valence-electron chi connectivity index (χ4n) is 3.53. The van der Waals surface area contributed by atoms with Crippen molar-refractivity contribution in [1.82, 2.24) is 4.98 Å². The number of carbonyl (C=O) groups is 1. The number of hydrogen-bond acceptors (Lipinski definition) is 4. The van der Waals surface area contributed by atoms with E-state index in [9.17, 15) is 18.0 Å². The largest absolute Gasteiger partial charge is 0.466 e. The number of benzene rings is 1. The van der Waals surface area contributed by atoms with Gasteiger partial charge in [0.1, 0.15) is 5.82 Å². The number of nitrogens with zero attached hydrogens (tertiary/aromatic N) is 2. The van der Waals surface area contributed by atoms with Gasteiger partial charge in [-0.15, -0.1) is 0 Å². The number of pyridine rings is 1. The van der Waals surface area contributed by atoms with E-state index >= 15 is 0 Å². The monoisotopic (exact) mass is 378 g/mol. The number of piperidine rings is 1. The zero-order chi connectivity index (χ0) is 19.4. The lowest BCUT2D eigenvalue weighted by molar-refractivity contribution is -0.149. The van der Waals surface area contributed by atoms with Gasteiger partial charge in [-0.3, -0.25) is 4.79 Å². The van der Waals surface area contributed by atoms with E-state index < -0.39 is 11.7 Å². The third-order valence-corrected chi connectivity index (χ3v) is 4.77. The predicted molar refractivity (Wildman–Crippen MR) is 95.1 cm³/mol. The highest BCUT2D eigenvalue weighted by Gasteiger charge is 2.40. The number of anilines is 1. The van der Waals surface area contributed by atoms with Gasteiger partial charge in [0.05, 0.1) is 24.1 Å². The van der Waals surface area contributed by atoms with Crippen LogP contribution in [0.3, 0.4) is 0 Å². The molecule has 0 N–H and O–H groups in total. The van der Waals surface area contributed by atoms with Gasteiger partial charge in [-0.05, 0) is 37.5 Å². The third kappa shape index (κ3) is 4.23. The molecule has 2 unspecified atom stereocenters. The molecule has 1 aromatic carbocycles. The third-order valence-electron chi connectivity index (χ3n) is 4.77. The number of rotatable bonds is 4. The minimum atomic E-state index is -4.50. The van der Waals surface area contributed by atoms with Crippen molar-refractivity contribution < 1.29 is 22.7 Å². The Balaban J connectivity index is 1.99. The Morgan fingerprint density at radius 1 is 1.22 bits per heavy atom. The minimum absolute atomic E-state index is 0.0961. The molecule has 1 fully saturated rings. The van der Waals surface area contributed by atoms with Crippen molar-refractivity contribution in [3.8, 4) is 0 Å². The quantitative estimate of drug-likeness (QED) is 0.728. The lowest BCUT2D eigenvalue weighted by Gasteiger charge is -2.40. The van der Waals surface area contributed by atoms with Crippen LogP contribution in [0.2, 0.25) is 0 Å². The van der Waals surface area contributed by atoms with Crippen LogP contribution in [0.4, 0.5) is 19.0 Å². The summed E-state index contributed by atoms with van der Waals surface area (Å²) in [6.45, 7) is 2.32. The van der Waals surface area contributed by atoms with Crippen LogP contribution in [0, 0.1) is 5.92 Å². The van der Waals surface area contributed by atoms with E-state index in [0.717, 1.165) is 11.6 Å². The van der Waals surface area contributed by atoms with Gasteiger partial charge in [-0.25, -0.2) is 4.98 Å². The first-order valence-electron chi connectivity index (χ1n) is 8.92. The Kier molecular flexibility index (Phi) is 5.68. The number of halogens is 3. The fourth-order valence-corrected chi connectivity index (χ4v) is 3.53. The Bertz CT molecular complexity index is 780. The number of hydrogen-bond donors (Lipinski definition) is 0. The number of ether oxygens (including phenoxy) is 1. The summed E-state index contributed by atoms with van der Waals surface area (Å²) < 4.78 is 45.6. The second-order valence-corrected chi connectivity index (χ2v) is 6.47. The molecule has 144 valence electrons. The molecule has 1 saturated heterocycles. The zero-order valence-corrected chi connectivity index (χ0v) is 14.9. The molecule has 1 aliphatic rings. The summed E-state index contributed by atoms with van der Waals surface area (Å²) >= 11 is 0. The SMILES string of the molecule is CCOC(=O)C1CCN(c2ncccc2C(F)(F)F)C(c2ccccc2)C1. The van der Waals surface area contributed by atoms with Gasteiger partial charge in [0.15, 0.2) is 0 Å². The van der Waals surface area contributed by atoms with E-state index in [-0.39, 0.29) is 30.4 Å². The average Bonchev–Trinajstić information content (AvgIpc) is 2.68. The van der Waals surface area contributed by atoms with Crippen molar-refractivity contribution in [2.45, 2.75) is 32.0 Å². The molecule has 0 bridgehead atoms. The van der Waals surface area contributed by atoms with Gasteiger partial charge in [-0.1, -0.05) is 30.3 Å². The number of carbonyl (C=O) groups excluding carboxylic acids is 1. The van der Waals surface area contributed by atoms with E-state index in [1.165, 1.54) is 12.3 Å². The molecule has 0 saturated carbocycles. The maximum atomic E-state index is 13.5. The molecule has 2 atom stereocenters. The molecule has 1 aromatic heterocycles. The first-order valence-corrected chi connectivity index (χ1v) is 8.92. The maximum absolute atomic E-state index is 13.5. The number of alkyl halides is 3.